The van der Waals surface area contributed by atoms with Crippen molar-refractivity contribution in [2.45, 2.75) is 31.1 Å². The van der Waals surface area contributed by atoms with Gasteiger partial charge in [-0.1, -0.05) is 0 Å². The van der Waals surface area contributed by atoms with Crippen LogP contribution in [0.15, 0.2) is 41.7 Å². The van der Waals surface area contributed by atoms with Crippen LogP contribution in [0, 0.1) is 0 Å². The number of rotatable bonds is 4. The van der Waals surface area contributed by atoms with Crippen molar-refractivity contribution < 1.29 is 17.9 Å². The number of amides is 1. The van der Waals surface area contributed by atoms with Crippen molar-refractivity contribution >= 4 is 27.2 Å². The van der Waals surface area contributed by atoms with E-state index in [9.17, 15) is 13.2 Å². The largest absolute Gasteiger partial charge is 0.372 e. The zero-order chi connectivity index (χ0) is 19.6. The van der Waals surface area contributed by atoms with Gasteiger partial charge in [0.05, 0.1) is 29.7 Å². The van der Waals surface area contributed by atoms with Crippen LogP contribution in [0.25, 0.3) is 0 Å². The fourth-order valence-corrected chi connectivity index (χ4v) is 3.51. The van der Waals surface area contributed by atoms with Crippen LogP contribution in [-0.2, 0) is 14.6 Å². The molecule has 3 rings (SSSR count). The Morgan fingerprint density at radius 3 is 2.33 bits per heavy atom. The second kappa shape index (κ2) is 7.61. The monoisotopic (exact) mass is 390 g/mol. The topological polar surface area (TPSA) is 101 Å². The van der Waals surface area contributed by atoms with Gasteiger partial charge in [-0.05, 0) is 38.1 Å². The quantitative estimate of drug-likeness (QED) is 0.848. The van der Waals surface area contributed by atoms with Crippen LogP contribution in [0.3, 0.4) is 0 Å². The van der Waals surface area contributed by atoms with Gasteiger partial charge in [-0.15, -0.1) is 0 Å². The summed E-state index contributed by atoms with van der Waals surface area (Å²) >= 11 is 0. The molecule has 0 aliphatic carbocycles. The number of aromatic nitrogens is 2. The molecule has 1 amide bonds. The molecule has 0 spiro atoms. The van der Waals surface area contributed by atoms with E-state index in [0.29, 0.717) is 11.3 Å². The Kier molecular flexibility index (Phi) is 5.43. The number of carbonyl (C=O) groups excluding carboxylic acids is 1. The standard InChI is InChI=1S/C18H22N4O4S/c1-12-10-22(11-13(2)26-12)16-6-4-14(8-19-16)18(23)21-15-5-7-17(20-9-15)27(3,24)25/h4-9,12-13H,10-11H2,1-3H3,(H,21,23). The second-order valence-corrected chi connectivity index (χ2v) is 8.64. The van der Waals surface area contributed by atoms with E-state index in [-0.39, 0.29) is 23.1 Å². The van der Waals surface area contributed by atoms with Gasteiger partial charge in [-0.25, -0.2) is 18.4 Å². The number of hydrogen-bond donors (Lipinski definition) is 1. The van der Waals surface area contributed by atoms with Gasteiger partial charge < -0.3 is 15.0 Å². The Morgan fingerprint density at radius 1 is 1.11 bits per heavy atom. The lowest BCUT2D eigenvalue weighted by molar-refractivity contribution is -0.00546. The summed E-state index contributed by atoms with van der Waals surface area (Å²) in [7, 11) is -3.37. The highest BCUT2D eigenvalue weighted by molar-refractivity contribution is 7.90. The van der Waals surface area contributed by atoms with Gasteiger partial charge >= 0.3 is 0 Å². The van der Waals surface area contributed by atoms with E-state index >= 15 is 0 Å². The van der Waals surface area contributed by atoms with Crippen molar-refractivity contribution in [3.8, 4) is 0 Å². The second-order valence-electron chi connectivity index (χ2n) is 6.68. The molecule has 0 radical (unpaired) electrons. The zero-order valence-electron chi connectivity index (χ0n) is 15.4. The summed E-state index contributed by atoms with van der Waals surface area (Å²) in [6, 6.07) is 6.37. The zero-order valence-corrected chi connectivity index (χ0v) is 16.2. The number of carbonyl (C=O) groups is 1. The molecule has 1 saturated heterocycles. The lowest BCUT2D eigenvalue weighted by Crippen LogP contribution is -2.45. The molecule has 1 aliphatic rings. The number of pyridine rings is 2. The molecule has 9 heteroatoms. The van der Waals surface area contributed by atoms with Crippen LogP contribution in [0.5, 0.6) is 0 Å². The minimum atomic E-state index is -3.37. The van der Waals surface area contributed by atoms with E-state index in [2.05, 4.69) is 20.2 Å². The van der Waals surface area contributed by atoms with Crippen LogP contribution in [0.2, 0.25) is 0 Å². The summed E-state index contributed by atoms with van der Waals surface area (Å²) in [4.78, 5) is 22.7. The third-order valence-corrected chi connectivity index (χ3v) is 5.13. The maximum Gasteiger partial charge on any atom is 0.257 e. The number of nitrogens with one attached hydrogen (secondary N) is 1. The molecule has 0 saturated carbocycles. The average Bonchev–Trinajstić information content (AvgIpc) is 2.61. The Morgan fingerprint density at radius 2 is 1.81 bits per heavy atom. The molecular weight excluding hydrogens is 368 g/mol. The molecule has 0 bridgehead atoms. The van der Waals surface area contributed by atoms with E-state index in [0.717, 1.165) is 25.2 Å². The van der Waals surface area contributed by atoms with Gasteiger partial charge in [-0.2, -0.15) is 0 Å². The predicted molar refractivity (Wildman–Crippen MR) is 102 cm³/mol. The Labute approximate surface area is 158 Å². The van der Waals surface area contributed by atoms with Crippen LogP contribution in [0.1, 0.15) is 24.2 Å². The lowest BCUT2D eigenvalue weighted by atomic mass is 10.2. The summed E-state index contributed by atoms with van der Waals surface area (Å²) < 4.78 is 28.6. The van der Waals surface area contributed by atoms with E-state index < -0.39 is 9.84 Å². The minimum Gasteiger partial charge on any atom is -0.372 e. The number of morpholine rings is 1. The predicted octanol–water partition coefficient (Wildman–Crippen LogP) is 1.75. The van der Waals surface area contributed by atoms with Gasteiger partial charge in [0.15, 0.2) is 14.9 Å². The third kappa shape index (κ3) is 4.81. The Bertz CT molecular complexity index is 903. The van der Waals surface area contributed by atoms with Crippen LogP contribution >= 0.6 is 0 Å². The first-order valence-corrected chi connectivity index (χ1v) is 10.5. The summed E-state index contributed by atoms with van der Waals surface area (Å²) in [5.74, 6) is 0.458. The van der Waals surface area contributed by atoms with Crippen molar-refractivity contribution in [2.24, 2.45) is 0 Å². The van der Waals surface area contributed by atoms with Crippen LogP contribution in [0.4, 0.5) is 11.5 Å². The molecule has 8 nitrogen and oxygen atoms in total. The van der Waals surface area contributed by atoms with Gasteiger partial charge in [0.1, 0.15) is 5.82 Å². The fraction of sp³-hybridized carbons (Fsp3) is 0.389. The minimum absolute atomic E-state index is 0.0412. The first-order valence-electron chi connectivity index (χ1n) is 8.56. The fourth-order valence-electron chi connectivity index (χ4n) is 2.95. The number of anilines is 2. The van der Waals surface area contributed by atoms with Crippen molar-refractivity contribution in [3.63, 3.8) is 0 Å². The molecule has 0 aromatic carbocycles. The molecule has 2 aromatic heterocycles. The number of sulfone groups is 1. The molecule has 1 N–H and O–H groups in total. The number of nitrogens with zero attached hydrogens (tertiary/aromatic N) is 3. The molecule has 1 fully saturated rings. The molecule has 2 unspecified atom stereocenters. The summed E-state index contributed by atoms with van der Waals surface area (Å²) in [5.41, 5.74) is 0.813. The van der Waals surface area contributed by atoms with Crippen LogP contribution < -0.4 is 10.2 Å². The first-order chi connectivity index (χ1) is 12.7. The number of ether oxygens (including phenoxy) is 1. The van der Waals surface area contributed by atoms with Crippen molar-refractivity contribution in [3.05, 3.63) is 42.2 Å². The van der Waals surface area contributed by atoms with Gasteiger partial charge in [0.25, 0.3) is 5.91 Å². The maximum atomic E-state index is 12.4. The molecule has 27 heavy (non-hydrogen) atoms. The Hall–Kier alpha value is -2.52. The first kappa shape index (κ1) is 19.2. The highest BCUT2D eigenvalue weighted by atomic mass is 32.2. The summed E-state index contributed by atoms with van der Waals surface area (Å²) in [6.45, 7) is 5.55. The SMILES string of the molecule is CC1CN(c2ccc(C(=O)Nc3ccc(S(C)(=O)=O)nc3)cn2)CC(C)O1. The maximum absolute atomic E-state index is 12.4. The average molecular weight is 390 g/mol. The van der Waals surface area contributed by atoms with E-state index in [1.807, 2.05) is 19.9 Å². The van der Waals surface area contributed by atoms with E-state index in [1.54, 1.807) is 6.07 Å². The third-order valence-electron chi connectivity index (χ3n) is 4.13. The highest BCUT2D eigenvalue weighted by Crippen LogP contribution is 2.19. The van der Waals surface area contributed by atoms with E-state index in [1.165, 1.54) is 24.5 Å². The molecule has 3 heterocycles. The van der Waals surface area contributed by atoms with Crippen molar-refractivity contribution in [2.75, 3.05) is 29.6 Å². The number of hydrogen-bond acceptors (Lipinski definition) is 7. The highest BCUT2D eigenvalue weighted by Gasteiger charge is 2.23. The van der Waals surface area contributed by atoms with Gasteiger partial charge in [0, 0.05) is 25.5 Å². The molecular formula is C18H22N4O4S. The smallest absolute Gasteiger partial charge is 0.257 e. The molecule has 2 aromatic rings. The van der Waals surface area contributed by atoms with Crippen molar-refractivity contribution in [1.82, 2.24) is 9.97 Å². The normalized spacial score (nSPS) is 20.3. The van der Waals surface area contributed by atoms with Gasteiger partial charge in [0.2, 0.25) is 0 Å². The molecule has 1 aliphatic heterocycles. The van der Waals surface area contributed by atoms with Gasteiger partial charge in [-0.3, -0.25) is 4.79 Å². The van der Waals surface area contributed by atoms with Crippen LogP contribution in [-0.4, -0.2) is 55.8 Å². The summed E-state index contributed by atoms with van der Waals surface area (Å²) in [6.07, 6.45) is 4.17. The molecule has 2 atom stereocenters. The van der Waals surface area contributed by atoms with Crippen molar-refractivity contribution in [1.29, 1.82) is 0 Å². The Balaban J connectivity index is 1.67. The lowest BCUT2D eigenvalue weighted by Gasteiger charge is -2.36. The molecule has 144 valence electrons. The summed E-state index contributed by atoms with van der Waals surface area (Å²) in [5, 5.41) is 2.64. The van der Waals surface area contributed by atoms with E-state index in [4.69, 9.17) is 4.74 Å².